The van der Waals surface area contributed by atoms with Crippen LogP contribution in [0.2, 0.25) is 0 Å². The Bertz CT molecular complexity index is 376. The second kappa shape index (κ2) is 7.25. The van der Waals surface area contributed by atoms with E-state index in [9.17, 15) is 14.7 Å². The minimum Gasteiger partial charge on any atom is -0.394 e. The predicted octanol–water partition coefficient (Wildman–Crippen LogP) is 1.35. The smallest absolute Gasteiger partial charge is 0.239 e. The van der Waals surface area contributed by atoms with Gasteiger partial charge in [-0.3, -0.25) is 9.59 Å². The van der Waals surface area contributed by atoms with Crippen LogP contribution in [0.1, 0.15) is 58.3 Å². The average Bonchev–Trinajstić information content (AvgIpc) is 3.31. The molecule has 0 radical (unpaired) electrons. The van der Waals surface area contributed by atoms with Crippen molar-refractivity contribution < 1.29 is 14.7 Å². The van der Waals surface area contributed by atoms with Crippen molar-refractivity contribution in [3.63, 3.8) is 0 Å². The van der Waals surface area contributed by atoms with Crippen molar-refractivity contribution in [3.05, 3.63) is 0 Å². The largest absolute Gasteiger partial charge is 0.394 e. The molecule has 2 aliphatic rings. The van der Waals surface area contributed by atoms with Crippen LogP contribution in [-0.4, -0.2) is 35.6 Å². The lowest BCUT2D eigenvalue weighted by Crippen LogP contribution is -2.53. The molecular weight excluding hydrogens is 268 g/mol. The molecule has 0 aromatic heterocycles. The fourth-order valence-electron chi connectivity index (χ4n) is 3.26. The maximum Gasteiger partial charge on any atom is 0.239 e. The topological polar surface area (TPSA) is 78.4 Å². The number of aliphatic hydroxyl groups is 1. The summed E-state index contributed by atoms with van der Waals surface area (Å²) in [5.74, 6) is 0.602. The van der Waals surface area contributed by atoms with Crippen molar-refractivity contribution in [2.45, 2.75) is 63.8 Å². The van der Waals surface area contributed by atoms with Crippen molar-refractivity contribution in [2.24, 2.45) is 11.8 Å². The molecule has 21 heavy (non-hydrogen) atoms. The van der Waals surface area contributed by atoms with E-state index in [1.807, 2.05) is 6.92 Å². The second-order valence-corrected chi connectivity index (χ2v) is 6.88. The molecule has 2 aliphatic carbocycles. The summed E-state index contributed by atoms with van der Waals surface area (Å²) in [6.45, 7) is 1.82. The van der Waals surface area contributed by atoms with Gasteiger partial charge in [0.15, 0.2) is 0 Å². The highest BCUT2D eigenvalue weighted by molar-refractivity contribution is 5.85. The summed E-state index contributed by atoms with van der Waals surface area (Å²) in [6, 6.07) is 0. The first-order chi connectivity index (χ1) is 10.0. The van der Waals surface area contributed by atoms with Crippen LogP contribution in [-0.2, 0) is 9.59 Å². The van der Waals surface area contributed by atoms with E-state index in [4.69, 9.17) is 0 Å². The minimum atomic E-state index is -0.537. The number of carbonyl (C=O) groups is 2. The Labute approximate surface area is 126 Å². The first kappa shape index (κ1) is 16.3. The van der Waals surface area contributed by atoms with E-state index in [-0.39, 0.29) is 25.0 Å². The van der Waals surface area contributed by atoms with Gasteiger partial charge >= 0.3 is 0 Å². The van der Waals surface area contributed by atoms with Crippen molar-refractivity contribution in [2.75, 3.05) is 13.2 Å². The van der Waals surface area contributed by atoms with Crippen LogP contribution in [0.15, 0.2) is 0 Å². The number of amides is 2. The standard InChI is InChI=1S/C16H28N2O3/c1-16(11-19,13-7-8-13)18-15(21)10-17-14(20)9-12-5-3-2-4-6-12/h12-13,19H,2-11H2,1H3,(H,17,20)(H,18,21). The lowest BCUT2D eigenvalue weighted by molar-refractivity contribution is -0.128. The molecule has 5 heteroatoms. The van der Waals surface area contributed by atoms with Crippen LogP contribution >= 0.6 is 0 Å². The average molecular weight is 296 g/mol. The monoisotopic (exact) mass is 296 g/mol. The van der Waals surface area contributed by atoms with Gasteiger partial charge in [0, 0.05) is 6.42 Å². The Hall–Kier alpha value is -1.10. The Kier molecular flexibility index (Phi) is 5.62. The molecule has 2 saturated carbocycles. The summed E-state index contributed by atoms with van der Waals surface area (Å²) in [6.07, 6.45) is 8.60. The third-order valence-corrected chi connectivity index (χ3v) is 4.88. The maximum absolute atomic E-state index is 11.9. The van der Waals surface area contributed by atoms with Gasteiger partial charge in [0.25, 0.3) is 0 Å². The fourth-order valence-corrected chi connectivity index (χ4v) is 3.26. The Morgan fingerprint density at radius 3 is 2.33 bits per heavy atom. The Balaban J connectivity index is 1.66. The van der Waals surface area contributed by atoms with Crippen molar-refractivity contribution in [1.82, 2.24) is 10.6 Å². The first-order valence-electron chi connectivity index (χ1n) is 8.22. The molecule has 0 heterocycles. The molecule has 5 nitrogen and oxygen atoms in total. The molecule has 0 aromatic carbocycles. The summed E-state index contributed by atoms with van der Waals surface area (Å²) in [4.78, 5) is 23.8. The lowest BCUT2D eigenvalue weighted by Gasteiger charge is -2.29. The summed E-state index contributed by atoms with van der Waals surface area (Å²) in [7, 11) is 0. The lowest BCUT2D eigenvalue weighted by atomic mass is 9.87. The molecule has 3 N–H and O–H groups in total. The number of hydrogen-bond acceptors (Lipinski definition) is 3. The molecule has 0 bridgehead atoms. The van der Waals surface area contributed by atoms with Gasteiger partial charge in [-0.25, -0.2) is 0 Å². The zero-order chi connectivity index (χ0) is 15.3. The molecule has 1 atom stereocenters. The van der Waals surface area contributed by atoms with E-state index in [2.05, 4.69) is 10.6 Å². The van der Waals surface area contributed by atoms with Gasteiger partial charge in [-0.05, 0) is 44.4 Å². The van der Waals surface area contributed by atoms with Crippen molar-refractivity contribution in [3.8, 4) is 0 Å². The second-order valence-electron chi connectivity index (χ2n) is 6.88. The Morgan fingerprint density at radius 1 is 1.10 bits per heavy atom. The highest BCUT2D eigenvalue weighted by Crippen LogP contribution is 2.39. The normalized spacial score (nSPS) is 22.4. The number of nitrogens with one attached hydrogen (secondary N) is 2. The highest BCUT2D eigenvalue weighted by atomic mass is 16.3. The Morgan fingerprint density at radius 2 is 1.76 bits per heavy atom. The zero-order valence-corrected chi connectivity index (χ0v) is 13.0. The van der Waals surface area contributed by atoms with Gasteiger partial charge in [-0.2, -0.15) is 0 Å². The molecule has 120 valence electrons. The summed E-state index contributed by atoms with van der Waals surface area (Å²) in [5, 5.41) is 15.0. The van der Waals surface area contributed by atoms with Crippen LogP contribution in [0.25, 0.3) is 0 Å². The predicted molar refractivity (Wildman–Crippen MR) is 80.6 cm³/mol. The summed E-state index contributed by atoms with van der Waals surface area (Å²) in [5.41, 5.74) is -0.537. The van der Waals surface area contributed by atoms with E-state index in [0.29, 0.717) is 18.3 Å². The van der Waals surface area contributed by atoms with Gasteiger partial charge in [0.2, 0.25) is 11.8 Å². The molecule has 2 fully saturated rings. The van der Waals surface area contributed by atoms with Crippen LogP contribution < -0.4 is 10.6 Å². The van der Waals surface area contributed by atoms with E-state index >= 15 is 0 Å². The van der Waals surface area contributed by atoms with Gasteiger partial charge in [0.05, 0.1) is 18.7 Å². The third kappa shape index (κ3) is 4.99. The SMILES string of the molecule is CC(CO)(NC(=O)CNC(=O)CC1CCCCC1)C1CC1. The van der Waals surface area contributed by atoms with Gasteiger partial charge in [-0.15, -0.1) is 0 Å². The molecule has 0 aromatic rings. The van der Waals surface area contributed by atoms with Gasteiger partial charge < -0.3 is 15.7 Å². The number of carbonyl (C=O) groups excluding carboxylic acids is 2. The molecule has 2 amide bonds. The van der Waals surface area contributed by atoms with E-state index in [1.165, 1.54) is 19.3 Å². The quantitative estimate of drug-likeness (QED) is 0.663. The zero-order valence-electron chi connectivity index (χ0n) is 13.0. The van der Waals surface area contributed by atoms with E-state index in [1.54, 1.807) is 0 Å². The highest BCUT2D eigenvalue weighted by Gasteiger charge is 2.42. The van der Waals surface area contributed by atoms with Crippen molar-refractivity contribution >= 4 is 11.8 Å². The van der Waals surface area contributed by atoms with Crippen LogP contribution in [0, 0.1) is 11.8 Å². The van der Waals surface area contributed by atoms with Crippen LogP contribution in [0.3, 0.4) is 0 Å². The molecule has 1 unspecified atom stereocenters. The molecule has 0 saturated heterocycles. The fraction of sp³-hybridized carbons (Fsp3) is 0.875. The number of aliphatic hydroxyl groups excluding tert-OH is 1. The number of hydrogen-bond donors (Lipinski definition) is 3. The van der Waals surface area contributed by atoms with Crippen LogP contribution in [0.5, 0.6) is 0 Å². The van der Waals surface area contributed by atoms with E-state index in [0.717, 1.165) is 25.7 Å². The van der Waals surface area contributed by atoms with Gasteiger partial charge in [-0.1, -0.05) is 19.3 Å². The maximum atomic E-state index is 11.9. The molecular formula is C16H28N2O3. The van der Waals surface area contributed by atoms with Crippen LogP contribution in [0.4, 0.5) is 0 Å². The van der Waals surface area contributed by atoms with E-state index < -0.39 is 5.54 Å². The van der Waals surface area contributed by atoms with Crippen molar-refractivity contribution in [1.29, 1.82) is 0 Å². The third-order valence-electron chi connectivity index (χ3n) is 4.88. The number of rotatable bonds is 7. The molecule has 0 spiro atoms. The summed E-state index contributed by atoms with van der Waals surface area (Å²) < 4.78 is 0. The minimum absolute atomic E-state index is 0.00780. The first-order valence-corrected chi connectivity index (χ1v) is 8.22. The molecule has 0 aliphatic heterocycles. The molecule has 2 rings (SSSR count). The van der Waals surface area contributed by atoms with Gasteiger partial charge in [0.1, 0.15) is 0 Å². The summed E-state index contributed by atoms with van der Waals surface area (Å²) >= 11 is 0.